The summed E-state index contributed by atoms with van der Waals surface area (Å²) in [7, 11) is 0. The van der Waals surface area contributed by atoms with E-state index in [4.69, 9.17) is 24.8 Å². The molecule has 0 aromatic rings. The van der Waals surface area contributed by atoms with Gasteiger partial charge in [-0.15, -0.1) is 4.89 Å². The van der Waals surface area contributed by atoms with Crippen LogP contribution in [0.2, 0.25) is 0 Å². The second-order valence-corrected chi connectivity index (χ2v) is 8.43. The zero-order chi connectivity index (χ0) is 19.2. The van der Waals surface area contributed by atoms with Crippen LogP contribution in [0.3, 0.4) is 0 Å². The van der Waals surface area contributed by atoms with Gasteiger partial charge in [0.25, 0.3) is 0 Å². The highest BCUT2D eigenvalue weighted by atomic mass is 17.3. The second-order valence-electron chi connectivity index (χ2n) is 8.43. The van der Waals surface area contributed by atoms with Crippen molar-refractivity contribution in [3.05, 3.63) is 0 Å². The molecule has 2 unspecified atom stereocenters. The molecule has 0 aromatic heterocycles. The summed E-state index contributed by atoms with van der Waals surface area (Å²) in [4.78, 5) is 37.1. The van der Waals surface area contributed by atoms with Gasteiger partial charge in [0, 0.05) is 12.8 Å². The molecule has 0 saturated heterocycles. The van der Waals surface area contributed by atoms with Crippen LogP contribution in [0.15, 0.2) is 0 Å². The van der Waals surface area contributed by atoms with Gasteiger partial charge in [-0.05, 0) is 46.5 Å². The van der Waals surface area contributed by atoms with Crippen molar-refractivity contribution in [3.63, 3.8) is 0 Å². The van der Waals surface area contributed by atoms with E-state index in [9.17, 15) is 4.79 Å². The van der Waals surface area contributed by atoms with Crippen LogP contribution in [0.1, 0.15) is 75.2 Å². The van der Waals surface area contributed by atoms with E-state index in [0.29, 0.717) is 12.8 Å². The molecule has 0 amide bonds. The van der Waals surface area contributed by atoms with Crippen molar-refractivity contribution in [2.24, 2.45) is 17.3 Å². The number of rotatable bonds is 10. The zero-order valence-corrected chi connectivity index (χ0v) is 16.5. The third kappa shape index (κ3) is 8.94. The Hall–Kier alpha value is -0.730. The molecule has 0 rings (SSSR count). The van der Waals surface area contributed by atoms with E-state index in [2.05, 4.69) is 4.89 Å². The van der Waals surface area contributed by atoms with Gasteiger partial charge < -0.3 is 0 Å². The van der Waals surface area contributed by atoms with Crippen LogP contribution in [0.25, 0.3) is 0 Å². The molecule has 7 heteroatoms. The summed E-state index contributed by atoms with van der Waals surface area (Å²) >= 11 is 0. The van der Waals surface area contributed by atoms with Crippen LogP contribution in [-0.4, -0.2) is 22.8 Å². The first-order chi connectivity index (χ1) is 10.7. The first kappa shape index (κ1) is 23.3. The average molecular weight is 350 g/mol. The van der Waals surface area contributed by atoms with E-state index in [-0.39, 0.29) is 11.8 Å². The zero-order valence-electron chi connectivity index (χ0n) is 16.5. The highest BCUT2D eigenvalue weighted by Crippen LogP contribution is 2.29. The minimum atomic E-state index is -1.36. The van der Waals surface area contributed by atoms with Gasteiger partial charge in [-0.25, -0.2) is 14.9 Å². The van der Waals surface area contributed by atoms with Gasteiger partial charge in [-0.2, -0.15) is 9.78 Å². The highest BCUT2D eigenvalue weighted by molar-refractivity contribution is 5.74. The molecule has 0 aliphatic carbocycles. The quantitative estimate of drug-likeness (QED) is 0.353. The Balaban J connectivity index is 4.94. The van der Waals surface area contributed by atoms with Gasteiger partial charge in [0.05, 0.1) is 5.41 Å². The Morgan fingerprint density at radius 2 is 1.25 bits per heavy atom. The maximum Gasteiger partial charge on any atom is 0.347 e. The molecule has 24 heavy (non-hydrogen) atoms. The summed E-state index contributed by atoms with van der Waals surface area (Å²) < 4.78 is 0. The third-order valence-corrected chi connectivity index (χ3v) is 3.05. The molecule has 0 aliphatic heterocycles. The topological polar surface area (TPSA) is 83.5 Å². The van der Waals surface area contributed by atoms with Crippen molar-refractivity contribution in [2.45, 2.75) is 86.7 Å². The molecule has 0 fully saturated rings. The minimum Gasteiger partial charge on any atom is -0.295 e. The molecule has 0 bridgehead atoms. The average Bonchev–Trinajstić information content (AvgIpc) is 2.40. The smallest absolute Gasteiger partial charge is 0.295 e. The molecule has 0 saturated carbocycles. The van der Waals surface area contributed by atoms with Crippen molar-refractivity contribution in [3.8, 4) is 0 Å². The standard InChI is InChI=1S/C17H34O7/c1-12(2)10-16(8,21-19)23-24-17(9,11-13(3)4)22-20-14(18)15(5,6)7/h12-13,19H,10-11H2,1-9H3. The Morgan fingerprint density at radius 1 is 0.833 bits per heavy atom. The molecule has 0 spiro atoms. The SMILES string of the molecule is CC(C)CC(C)(OO)OOC(C)(CC(C)C)OOC(=O)C(C)(C)C. The summed E-state index contributed by atoms with van der Waals surface area (Å²) in [5.41, 5.74) is -0.708. The molecule has 0 heterocycles. The summed E-state index contributed by atoms with van der Waals surface area (Å²) in [5, 5.41) is 9.11. The number of carbonyl (C=O) groups is 1. The maximum atomic E-state index is 11.9. The first-order valence-corrected chi connectivity index (χ1v) is 8.32. The van der Waals surface area contributed by atoms with Crippen molar-refractivity contribution >= 4 is 5.97 Å². The van der Waals surface area contributed by atoms with Crippen LogP contribution in [0.5, 0.6) is 0 Å². The summed E-state index contributed by atoms with van der Waals surface area (Å²) in [5.74, 6) is -2.85. The van der Waals surface area contributed by atoms with Crippen molar-refractivity contribution in [1.82, 2.24) is 0 Å². The van der Waals surface area contributed by atoms with Gasteiger partial charge in [-0.1, -0.05) is 27.7 Å². The van der Waals surface area contributed by atoms with E-state index in [1.807, 2.05) is 27.7 Å². The molecule has 0 aromatic carbocycles. The van der Waals surface area contributed by atoms with E-state index in [1.54, 1.807) is 34.6 Å². The predicted molar refractivity (Wildman–Crippen MR) is 88.2 cm³/mol. The molecule has 0 radical (unpaired) electrons. The Kier molecular flexibility index (Phi) is 8.83. The van der Waals surface area contributed by atoms with Crippen LogP contribution in [0.4, 0.5) is 0 Å². The number of hydrogen-bond donors (Lipinski definition) is 1. The number of hydrogen-bond acceptors (Lipinski definition) is 7. The Labute approximate surface area is 145 Å². The first-order valence-electron chi connectivity index (χ1n) is 8.32. The van der Waals surface area contributed by atoms with Crippen LogP contribution in [0, 0.1) is 17.3 Å². The van der Waals surface area contributed by atoms with Crippen molar-refractivity contribution in [2.75, 3.05) is 0 Å². The lowest BCUT2D eigenvalue weighted by molar-refractivity contribution is -0.567. The summed E-state index contributed by atoms with van der Waals surface area (Å²) in [6.45, 7) is 16.1. The summed E-state index contributed by atoms with van der Waals surface area (Å²) in [6.07, 6.45) is 0.788. The Morgan fingerprint density at radius 3 is 1.62 bits per heavy atom. The van der Waals surface area contributed by atoms with Crippen molar-refractivity contribution < 1.29 is 34.5 Å². The molecule has 1 N–H and O–H groups in total. The summed E-state index contributed by atoms with van der Waals surface area (Å²) in [6, 6.07) is 0. The van der Waals surface area contributed by atoms with Gasteiger partial charge in [-0.3, -0.25) is 4.89 Å². The minimum absolute atomic E-state index is 0.179. The predicted octanol–water partition coefficient (Wildman–Crippen LogP) is 4.47. The molecular weight excluding hydrogens is 316 g/mol. The lowest BCUT2D eigenvalue weighted by atomic mass is 9.98. The van der Waals surface area contributed by atoms with Crippen LogP contribution in [-0.2, 0) is 29.2 Å². The van der Waals surface area contributed by atoms with Gasteiger partial charge in [0.1, 0.15) is 0 Å². The Bertz CT molecular complexity index is 389. The maximum absolute atomic E-state index is 11.9. The van der Waals surface area contributed by atoms with Gasteiger partial charge in [0.2, 0.25) is 11.6 Å². The van der Waals surface area contributed by atoms with Gasteiger partial charge >= 0.3 is 5.97 Å². The molecule has 7 nitrogen and oxygen atoms in total. The van der Waals surface area contributed by atoms with E-state index < -0.39 is 23.0 Å². The monoisotopic (exact) mass is 350 g/mol. The number of carbonyl (C=O) groups excluding carboxylic acids is 1. The second kappa shape index (κ2) is 9.10. The fraction of sp³-hybridized carbons (Fsp3) is 0.941. The molecule has 2 atom stereocenters. The fourth-order valence-corrected chi connectivity index (χ4v) is 2.08. The van der Waals surface area contributed by atoms with Crippen molar-refractivity contribution in [1.29, 1.82) is 0 Å². The third-order valence-electron chi connectivity index (χ3n) is 3.05. The van der Waals surface area contributed by atoms with Crippen LogP contribution < -0.4 is 0 Å². The fourth-order valence-electron chi connectivity index (χ4n) is 2.08. The van der Waals surface area contributed by atoms with E-state index in [1.165, 1.54) is 0 Å². The normalized spacial score (nSPS) is 17.7. The van der Waals surface area contributed by atoms with Gasteiger partial charge in [0.15, 0.2) is 0 Å². The largest absolute Gasteiger partial charge is 0.347 e. The molecule has 144 valence electrons. The lowest BCUT2D eigenvalue weighted by Gasteiger charge is -2.33. The van der Waals surface area contributed by atoms with E-state index >= 15 is 0 Å². The van der Waals surface area contributed by atoms with E-state index in [0.717, 1.165) is 0 Å². The molecular formula is C17H34O7. The molecule has 0 aliphatic rings. The lowest BCUT2D eigenvalue weighted by Crippen LogP contribution is -2.42. The van der Waals surface area contributed by atoms with Crippen LogP contribution >= 0.6 is 0 Å². The highest BCUT2D eigenvalue weighted by Gasteiger charge is 2.39.